The van der Waals surface area contributed by atoms with Gasteiger partial charge in [0.1, 0.15) is 5.75 Å². The second-order valence-corrected chi connectivity index (χ2v) is 11.9. The summed E-state index contributed by atoms with van der Waals surface area (Å²) in [5.74, 6) is -11.2. The van der Waals surface area contributed by atoms with Gasteiger partial charge in [-0.15, -0.1) is 0 Å². The summed E-state index contributed by atoms with van der Waals surface area (Å²) in [4.78, 5) is 67.9. The van der Waals surface area contributed by atoms with Gasteiger partial charge in [0, 0.05) is 12.3 Å². The van der Waals surface area contributed by atoms with Crippen LogP contribution in [-0.4, -0.2) is 76.1 Å². The minimum absolute atomic E-state index is 0.0598. The van der Waals surface area contributed by atoms with Crippen molar-refractivity contribution in [1.82, 2.24) is 4.90 Å². The summed E-state index contributed by atoms with van der Waals surface area (Å²) in [5.41, 5.74) is 4.76. The molecule has 4 N–H and O–H groups in total. The number of nitrogens with two attached hydrogens (primary N) is 1. The van der Waals surface area contributed by atoms with Gasteiger partial charge in [0.05, 0.1) is 17.5 Å². The van der Waals surface area contributed by atoms with E-state index in [-0.39, 0.29) is 37.0 Å². The van der Waals surface area contributed by atoms with Crippen LogP contribution in [0.5, 0.6) is 5.75 Å². The van der Waals surface area contributed by atoms with Crippen molar-refractivity contribution in [3.8, 4) is 16.9 Å². The number of nitrogens with zero attached hydrogens (tertiary/aromatic N) is 1. The first kappa shape index (κ1) is 30.6. The molecule has 12 heteroatoms. The number of hydrogen-bond acceptors (Lipinski definition) is 8. The molecule has 3 aliphatic rings. The number of benzene rings is 2. The lowest BCUT2D eigenvalue weighted by atomic mass is 9.52. The highest BCUT2D eigenvalue weighted by molar-refractivity contribution is 6.32. The molecule has 0 spiro atoms. The van der Waals surface area contributed by atoms with Gasteiger partial charge in [0.25, 0.3) is 0 Å². The van der Waals surface area contributed by atoms with Gasteiger partial charge in [-0.2, -0.15) is 13.2 Å². The minimum atomic E-state index is -4.24. The number of phenolic OH excluding ortho intramolecular Hbond substituents is 1. The fourth-order valence-electron chi connectivity index (χ4n) is 7.22. The molecule has 1 amide bonds. The van der Waals surface area contributed by atoms with Gasteiger partial charge in [-0.25, -0.2) is 0 Å². The summed E-state index contributed by atoms with van der Waals surface area (Å²) in [6.07, 6.45) is -4.94. The van der Waals surface area contributed by atoms with E-state index in [0.717, 1.165) is 0 Å². The molecule has 3 aliphatic carbocycles. The second kappa shape index (κ2) is 10.7. The lowest BCUT2D eigenvalue weighted by Gasteiger charge is -2.52. The molecule has 9 nitrogen and oxygen atoms in total. The fraction of sp³-hybridized carbons (Fsp3) is 0.452. The molecule has 2 saturated carbocycles. The number of phenols is 1. The summed E-state index contributed by atoms with van der Waals surface area (Å²) < 4.78 is 37.6. The molecule has 228 valence electrons. The minimum Gasteiger partial charge on any atom is -0.507 e. The number of aromatic hydroxyl groups is 1. The number of carbonyl (C=O) groups excluding carboxylic acids is 5. The van der Waals surface area contributed by atoms with E-state index in [2.05, 4.69) is 0 Å². The van der Waals surface area contributed by atoms with Gasteiger partial charge < -0.3 is 15.9 Å². The number of amides is 1. The van der Waals surface area contributed by atoms with E-state index in [4.69, 9.17) is 5.73 Å². The van der Waals surface area contributed by atoms with Crippen molar-refractivity contribution in [2.75, 3.05) is 14.1 Å². The van der Waals surface area contributed by atoms with Crippen LogP contribution in [0, 0.1) is 23.7 Å². The van der Waals surface area contributed by atoms with Gasteiger partial charge in [-0.3, -0.25) is 28.9 Å². The lowest BCUT2D eigenvalue weighted by Crippen LogP contribution is -2.74. The van der Waals surface area contributed by atoms with Crippen LogP contribution in [0.25, 0.3) is 11.1 Å². The Balaban J connectivity index is 1.52. The van der Waals surface area contributed by atoms with Crippen LogP contribution < -0.4 is 5.73 Å². The average molecular weight is 601 g/mol. The van der Waals surface area contributed by atoms with Crippen molar-refractivity contribution in [3.63, 3.8) is 0 Å². The van der Waals surface area contributed by atoms with Crippen LogP contribution >= 0.6 is 0 Å². The number of likely N-dealkylation sites (N-methyl/N-ethyl adjacent to an activating group) is 1. The Bertz CT molecular complexity index is 1540. The topological polar surface area (TPSA) is 155 Å². The van der Waals surface area contributed by atoms with E-state index in [0.29, 0.717) is 22.3 Å². The summed E-state index contributed by atoms with van der Waals surface area (Å²) in [5, 5.41) is 22.4. The van der Waals surface area contributed by atoms with Crippen molar-refractivity contribution in [2.24, 2.45) is 29.4 Å². The predicted molar refractivity (Wildman–Crippen MR) is 146 cm³/mol. The highest BCUT2D eigenvalue weighted by atomic mass is 19.4. The molecule has 3 unspecified atom stereocenters. The number of primary amides is 1. The van der Waals surface area contributed by atoms with Crippen LogP contribution in [0.4, 0.5) is 13.2 Å². The van der Waals surface area contributed by atoms with E-state index in [1.807, 2.05) is 0 Å². The zero-order chi connectivity index (χ0) is 31.6. The molecule has 2 aromatic carbocycles. The molecule has 0 saturated heterocycles. The Morgan fingerprint density at radius 3 is 2.28 bits per heavy atom. The van der Waals surface area contributed by atoms with E-state index in [1.54, 1.807) is 30.3 Å². The number of carbonyl (C=O) groups is 5. The van der Waals surface area contributed by atoms with E-state index in [9.17, 15) is 47.4 Å². The summed E-state index contributed by atoms with van der Waals surface area (Å²) in [6, 6.07) is 8.51. The van der Waals surface area contributed by atoms with Gasteiger partial charge >= 0.3 is 6.18 Å². The third-order valence-electron chi connectivity index (χ3n) is 9.14. The SMILES string of the molecule is CN(C)C1C(=O)C(C(N)=O)C(=O)[C@]2(O)C(=O)C3C(=O)c4c(O)ccc(-c5ccc(CCCC(F)(F)F)cc5)c4C[C@@H]3C[C@H]12. The maximum absolute atomic E-state index is 13.9. The van der Waals surface area contributed by atoms with Crippen LogP contribution in [0.1, 0.15) is 40.7 Å². The number of aryl methyl sites for hydroxylation is 1. The number of aliphatic hydroxyl groups is 1. The Labute approximate surface area is 244 Å². The molecule has 2 aromatic rings. The molecule has 0 aromatic heterocycles. The first-order chi connectivity index (χ1) is 20.1. The van der Waals surface area contributed by atoms with Crippen molar-refractivity contribution in [3.05, 3.63) is 53.1 Å². The summed E-state index contributed by atoms with van der Waals surface area (Å²) in [7, 11) is 3.02. The predicted octanol–water partition coefficient (Wildman–Crippen LogP) is 2.42. The van der Waals surface area contributed by atoms with E-state index >= 15 is 0 Å². The van der Waals surface area contributed by atoms with E-state index in [1.165, 1.54) is 25.1 Å². The Kier molecular flexibility index (Phi) is 7.58. The molecule has 0 bridgehead atoms. The Morgan fingerprint density at radius 2 is 1.70 bits per heavy atom. The monoisotopic (exact) mass is 600 g/mol. The highest BCUT2D eigenvalue weighted by Gasteiger charge is 2.69. The van der Waals surface area contributed by atoms with Crippen LogP contribution in [0.15, 0.2) is 36.4 Å². The third kappa shape index (κ3) is 4.96. The number of fused-ring (bicyclic) bond motifs is 3. The van der Waals surface area contributed by atoms with Crippen LogP contribution in [0.3, 0.4) is 0 Å². The average Bonchev–Trinajstić information content (AvgIpc) is 2.90. The largest absolute Gasteiger partial charge is 0.507 e. The zero-order valence-electron chi connectivity index (χ0n) is 23.5. The van der Waals surface area contributed by atoms with Crippen molar-refractivity contribution in [1.29, 1.82) is 0 Å². The van der Waals surface area contributed by atoms with Gasteiger partial charge in [-0.1, -0.05) is 30.3 Å². The molecule has 5 rings (SSSR count). The summed E-state index contributed by atoms with van der Waals surface area (Å²) in [6.45, 7) is 0. The third-order valence-corrected chi connectivity index (χ3v) is 9.14. The molecule has 2 fully saturated rings. The van der Waals surface area contributed by atoms with Gasteiger partial charge in [-0.05, 0) is 74.0 Å². The molecule has 0 radical (unpaired) electrons. The van der Waals surface area contributed by atoms with Crippen LogP contribution in [-0.2, 0) is 32.0 Å². The Hall–Kier alpha value is -3.90. The molecular weight excluding hydrogens is 569 g/mol. The maximum Gasteiger partial charge on any atom is 0.389 e. The maximum atomic E-state index is 13.9. The number of ketones is 4. The molecule has 43 heavy (non-hydrogen) atoms. The lowest BCUT2D eigenvalue weighted by molar-refractivity contribution is -0.181. The number of alkyl halides is 3. The first-order valence-corrected chi connectivity index (χ1v) is 13.9. The quantitative estimate of drug-likeness (QED) is 0.427. The number of halogens is 3. The van der Waals surface area contributed by atoms with Crippen molar-refractivity contribution in [2.45, 2.75) is 49.9 Å². The standard InChI is InChI=1S/C31H31F3N2O7/c1-36(2)24-19-13-16-12-18-17(15-7-5-14(6-8-15)4-3-11-30(32,33)34)9-10-20(37)22(18)25(38)21(16)27(40)31(19,43)28(41)23(26(24)39)29(35)42/h5-10,16,19,21,23-24,37,43H,3-4,11-13H2,1-2H3,(H2,35,42)/t16-,19-,21?,23?,24?,31-/m1/s1. The molecule has 0 heterocycles. The first-order valence-electron chi connectivity index (χ1n) is 13.9. The number of Topliss-reactive ketones (excluding diaryl/α,β-unsaturated/α-hetero) is 4. The zero-order valence-corrected chi connectivity index (χ0v) is 23.5. The summed E-state index contributed by atoms with van der Waals surface area (Å²) >= 11 is 0. The van der Waals surface area contributed by atoms with Gasteiger partial charge in [0.15, 0.2) is 34.7 Å². The highest BCUT2D eigenvalue weighted by Crippen LogP contribution is 2.51. The molecule has 0 aliphatic heterocycles. The van der Waals surface area contributed by atoms with Crippen molar-refractivity contribution < 1.29 is 47.4 Å². The number of rotatable bonds is 6. The smallest absolute Gasteiger partial charge is 0.389 e. The number of hydrogen-bond donors (Lipinski definition) is 3. The fourth-order valence-corrected chi connectivity index (χ4v) is 7.22. The second-order valence-electron chi connectivity index (χ2n) is 11.9. The van der Waals surface area contributed by atoms with E-state index < -0.39 is 77.0 Å². The van der Waals surface area contributed by atoms with Gasteiger partial charge in [0.2, 0.25) is 5.91 Å². The van der Waals surface area contributed by atoms with Crippen LogP contribution in [0.2, 0.25) is 0 Å². The normalized spacial score (nSPS) is 28.9. The Morgan fingerprint density at radius 1 is 1.05 bits per heavy atom. The molecular formula is C31H31F3N2O7. The van der Waals surface area contributed by atoms with Crippen molar-refractivity contribution >= 4 is 29.0 Å². The molecule has 6 atom stereocenters.